The highest BCUT2D eigenvalue weighted by atomic mass is 127. The molecule has 0 aliphatic carbocycles. The first kappa shape index (κ1) is 23.2. The van der Waals surface area contributed by atoms with Crippen LogP contribution in [0.25, 0.3) is 0 Å². The van der Waals surface area contributed by atoms with E-state index in [-0.39, 0.29) is 27.9 Å². The summed E-state index contributed by atoms with van der Waals surface area (Å²) in [4.78, 5) is 11.8. The van der Waals surface area contributed by atoms with E-state index in [1.165, 1.54) is 0 Å². The van der Waals surface area contributed by atoms with Gasteiger partial charge in [0.05, 0.1) is 19.3 Å². The van der Waals surface area contributed by atoms with Crippen molar-refractivity contribution in [2.45, 2.75) is 43.7 Å². The average molecular weight is 532 g/mol. The second kappa shape index (κ2) is 12.4. The minimum absolute atomic E-state index is 0. The number of ether oxygens (including phenoxy) is 2. The first-order chi connectivity index (χ1) is 8.80. The van der Waals surface area contributed by atoms with Gasteiger partial charge in [0.25, 0.3) is 0 Å². The fourth-order valence-electron chi connectivity index (χ4n) is 1.32. The zero-order valence-corrected chi connectivity index (χ0v) is 17.6. The SMILES string of the molecule is Br.CC(C)(C)OC(=O)NC(COCCI)C(Br)CCN. The first-order valence-electron chi connectivity index (χ1n) is 6.27. The third-order valence-corrected chi connectivity index (χ3v) is 3.64. The molecule has 2 unspecified atom stereocenters. The summed E-state index contributed by atoms with van der Waals surface area (Å²) in [6.07, 6.45) is 0.325. The number of rotatable bonds is 8. The van der Waals surface area contributed by atoms with Gasteiger partial charge in [-0.15, -0.1) is 17.0 Å². The van der Waals surface area contributed by atoms with Crippen LogP contribution in [-0.2, 0) is 9.47 Å². The van der Waals surface area contributed by atoms with Gasteiger partial charge in [0.2, 0.25) is 0 Å². The molecule has 2 atom stereocenters. The van der Waals surface area contributed by atoms with E-state index in [1.807, 2.05) is 20.8 Å². The number of carbonyl (C=O) groups is 1. The van der Waals surface area contributed by atoms with Crippen molar-refractivity contribution in [3.8, 4) is 0 Å². The van der Waals surface area contributed by atoms with Crippen LogP contribution in [0, 0.1) is 0 Å². The van der Waals surface area contributed by atoms with Crippen LogP contribution in [0.1, 0.15) is 27.2 Å². The number of alkyl halides is 2. The summed E-state index contributed by atoms with van der Waals surface area (Å²) in [5.74, 6) is 0. The number of carbonyl (C=O) groups excluding carboxylic acids is 1. The Morgan fingerprint density at radius 3 is 2.50 bits per heavy atom. The van der Waals surface area contributed by atoms with Crippen LogP contribution < -0.4 is 11.1 Å². The molecular formula is C12H25Br2IN2O3. The van der Waals surface area contributed by atoms with Crippen LogP contribution in [0.2, 0.25) is 0 Å². The molecule has 122 valence electrons. The van der Waals surface area contributed by atoms with E-state index in [1.54, 1.807) is 0 Å². The highest BCUT2D eigenvalue weighted by Gasteiger charge is 2.24. The molecule has 0 fully saturated rings. The number of amides is 1. The van der Waals surface area contributed by atoms with Gasteiger partial charge in [0.1, 0.15) is 5.60 Å². The highest BCUT2D eigenvalue weighted by molar-refractivity contribution is 14.1. The third-order valence-electron chi connectivity index (χ3n) is 2.10. The Hall–Kier alpha value is 0.880. The lowest BCUT2D eigenvalue weighted by atomic mass is 10.1. The van der Waals surface area contributed by atoms with Crippen molar-refractivity contribution in [1.29, 1.82) is 0 Å². The fraction of sp³-hybridized carbons (Fsp3) is 0.917. The number of nitrogens with one attached hydrogen (secondary N) is 1. The molecule has 0 bridgehead atoms. The summed E-state index contributed by atoms with van der Waals surface area (Å²) in [6.45, 7) is 7.15. The van der Waals surface area contributed by atoms with E-state index in [0.29, 0.717) is 19.8 Å². The number of halogens is 3. The molecule has 5 nitrogen and oxygen atoms in total. The smallest absolute Gasteiger partial charge is 0.407 e. The van der Waals surface area contributed by atoms with Gasteiger partial charge in [-0.1, -0.05) is 38.5 Å². The van der Waals surface area contributed by atoms with E-state index >= 15 is 0 Å². The highest BCUT2D eigenvalue weighted by Crippen LogP contribution is 2.12. The van der Waals surface area contributed by atoms with Gasteiger partial charge in [-0.3, -0.25) is 0 Å². The molecule has 0 saturated heterocycles. The van der Waals surface area contributed by atoms with Gasteiger partial charge in [-0.2, -0.15) is 0 Å². The summed E-state index contributed by atoms with van der Waals surface area (Å²) in [5, 5.41) is 2.83. The van der Waals surface area contributed by atoms with E-state index in [9.17, 15) is 4.79 Å². The van der Waals surface area contributed by atoms with Crippen molar-refractivity contribution in [2.24, 2.45) is 5.73 Å². The van der Waals surface area contributed by atoms with Crippen LogP contribution in [0.5, 0.6) is 0 Å². The van der Waals surface area contributed by atoms with Crippen molar-refractivity contribution in [3.63, 3.8) is 0 Å². The number of nitrogens with two attached hydrogens (primary N) is 1. The molecular weight excluding hydrogens is 507 g/mol. The Balaban J connectivity index is 0. The lowest BCUT2D eigenvalue weighted by Crippen LogP contribution is -2.46. The molecule has 0 aromatic heterocycles. The lowest BCUT2D eigenvalue weighted by molar-refractivity contribution is 0.0450. The molecule has 0 aromatic carbocycles. The minimum Gasteiger partial charge on any atom is -0.444 e. The van der Waals surface area contributed by atoms with Gasteiger partial charge in [0.15, 0.2) is 0 Å². The predicted octanol–water partition coefficient (Wildman–Crippen LogP) is 3.02. The van der Waals surface area contributed by atoms with Crippen LogP contribution in [-0.4, -0.2) is 46.7 Å². The molecule has 0 aliphatic rings. The zero-order chi connectivity index (χ0) is 14.9. The molecule has 0 heterocycles. The van der Waals surface area contributed by atoms with Gasteiger partial charge < -0.3 is 20.5 Å². The molecule has 8 heteroatoms. The summed E-state index contributed by atoms with van der Waals surface area (Å²) in [6, 6.07) is -0.152. The van der Waals surface area contributed by atoms with Gasteiger partial charge in [-0.25, -0.2) is 4.79 Å². The molecule has 0 aliphatic heterocycles. The second-order valence-corrected chi connectivity index (χ2v) is 7.36. The minimum atomic E-state index is -0.507. The third kappa shape index (κ3) is 12.6. The Morgan fingerprint density at radius 2 is 2.05 bits per heavy atom. The monoisotopic (exact) mass is 530 g/mol. The molecule has 20 heavy (non-hydrogen) atoms. The molecule has 0 aromatic rings. The molecule has 0 spiro atoms. The molecule has 0 rings (SSSR count). The summed E-state index contributed by atoms with van der Waals surface area (Å²) in [5.41, 5.74) is 5.03. The van der Waals surface area contributed by atoms with Crippen molar-refractivity contribution < 1.29 is 14.3 Å². The van der Waals surface area contributed by atoms with E-state index in [0.717, 1.165) is 10.8 Å². The predicted molar refractivity (Wildman–Crippen MR) is 99.6 cm³/mol. The Morgan fingerprint density at radius 1 is 1.45 bits per heavy atom. The quantitative estimate of drug-likeness (QED) is 0.287. The number of hydrogen-bond donors (Lipinski definition) is 2. The molecule has 0 radical (unpaired) electrons. The second-order valence-electron chi connectivity index (χ2n) is 5.11. The Bertz CT molecular complexity index is 266. The van der Waals surface area contributed by atoms with Crippen molar-refractivity contribution in [2.75, 3.05) is 24.2 Å². The van der Waals surface area contributed by atoms with Crippen LogP contribution in [0.15, 0.2) is 0 Å². The largest absolute Gasteiger partial charge is 0.444 e. The Kier molecular flexibility index (Phi) is 14.4. The topological polar surface area (TPSA) is 73.6 Å². The molecule has 3 N–H and O–H groups in total. The maximum atomic E-state index is 11.8. The van der Waals surface area contributed by atoms with E-state index in [4.69, 9.17) is 15.2 Å². The maximum absolute atomic E-state index is 11.8. The van der Waals surface area contributed by atoms with Crippen molar-refractivity contribution >= 4 is 61.6 Å². The Labute approximate surface area is 154 Å². The number of alkyl carbamates (subject to hydrolysis) is 1. The number of hydrogen-bond acceptors (Lipinski definition) is 4. The van der Waals surface area contributed by atoms with Crippen LogP contribution in [0.4, 0.5) is 4.79 Å². The average Bonchev–Trinajstić information content (AvgIpc) is 2.25. The zero-order valence-electron chi connectivity index (χ0n) is 12.2. The maximum Gasteiger partial charge on any atom is 0.407 e. The summed E-state index contributed by atoms with van der Waals surface area (Å²) >= 11 is 5.78. The normalized spacial score (nSPS) is 14.1. The fourth-order valence-corrected chi connectivity index (χ4v) is 2.18. The first-order valence-corrected chi connectivity index (χ1v) is 8.71. The van der Waals surface area contributed by atoms with Gasteiger partial charge in [-0.05, 0) is 33.7 Å². The molecule has 0 saturated carbocycles. The van der Waals surface area contributed by atoms with Gasteiger partial charge in [0, 0.05) is 9.25 Å². The van der Waals surface area contributed by atoms with E-state index < -0.39 is 11.7 Å². The van der Waals surface area contributed by atoms with Crippen molar-refractivity contribution in [1.82, 2.24) is 5.32 Å². The van der Waals surface area contributed by atoms with Crippen molar-refractivity contribution in [3.05, 3.63) is 0 Å². The standard InChI is InChI=1S/C12H24BrIN2O3.BrH/c1-12(2,3)19-11(17)16-10(8-18-7-5-14)9(13)4-6-15;/h9-10H,4-8,15H2,1-3H3,(H,16,17);1H. The lowest BCUT2D eigenvalue weighted by Gasteiger charge is -2.26. The van der Waals surface area contributed by atoms with E-state index in [2.05, 4.69) is 43.8 Å². The van der Waals surface area contributed by atoms with Crippen LogP contribution >= 0.6 is 55.5 Å². The molecule has 1 amide bonds. The van der Waals surface area contributed by atoms with Gasteiger partial charge >= 0.3 is 6.09 Å². The summed E-state index contributed by atoms with van der Waals surface area (Å²) in [7, 11) is 0. The van der Waals surface area contributed by atoms with Crippen LogP contribution in [0.3, 0.4) is 0 Å². The summed E-state index contributed by atoms with van der Waals surface area (Å²) < 4.78 is 11.7.